The van der Waals surface area contributed by atoms with Crippen molar-refractivity contribution in [2.24, 2.45) is 10.7 Å². The minimum absolute atomic E-state index is 0.344. The van der Waals surface area contributed by atoms with Gasteiger partial charge in [-0.25, -0.2) is 4.99 Å². The van der Waals surface area contributed by atoms with Gasteiger partial charge in [-0.1, -0.05) is 43.4 Å². The molecule has 0 fully saturated rings. The van der Waals surface area contributed by atoms with E-state index in [4.69, 9.17) is 11.1 Å². The number of nitrogens with zero attached hydrogens (tertiary/aromatic N) is 1. The molecule has 0 atom stereocenters. The van der Waals surface area contributed by atoms with Crippen molar-refractivity contribution in [1.29, 1.82) is 5.41 Å². The highest BCUT2D eigenvalue weighted by molar-refractivity contribution is 6.22. The van der Waals surface area contributed by atoms with Crippen molar-refractivity contribution in [3.8, 4) is 0 Å². The molecule has 0 aromatic carbocycles. The molecule has 2 aliphatic rings. The van der Waals surface area contributed by atoms with Gasteiger partial charge >= 0.3 is 0 Å². The van der Waals surface area contributed by atoms with Gasteiger partial charge in [0.05, 0.1) is 28.5 Å². The van der Waals surface area contributed by atoms with Gasteiger partial charge in [-0.2, -0.15) is 0 Å². The number of hydrogen-bond donors (Lipinski definition) is 3. The van der Waals surface area contributed by atoms with E-state index < -0.39 is 0 Å². The van der Waals surface area contributed by atoms with Gasteiger partial charge in [-0.15, -0.1) is 6.58 Å². The molecule has 4 nitrogen and oxygen atoms in total. The van der Waals surface area contributed by atoms with Gasteiger partial charge < -0.3 is 11.1 Å². The second-order valence-electron chi connectivity index (χ2n) is 6.10. The van der Waals surface area contributed by atoms with Crippen molar-refractivity contribution in [3.05, 3.63) is 96.2 Å². The molecule has 27 heavy (non-hydrogen) atoms. The molecule has 2 aliphatic carbocycles. The van der Waals surface area contributed by atoms with Gasteiger partial charge in [0.1, 0.15) is 0 Å². The maximum atomic E-state index is 8.12. The Bertz CT molecular complexity index is 796. The third-order valence-corrected chi connectivity index (χ3v) is 3.65. The lowest BCUT2D eigenvalue weighted by atomic mass is 10.0. The molecule has 0 spiro atoms. The van der Waals surface area contributed by atoms with Gasteiger partial charge in [0.15, 0.2) is 0 Å². The molecule has 0 aliphatic heterocycles. The number of hydrogen-bond acceptors (Lipinski definition) is 4. The summed E-state index contributed by atoms with van der Waals surface area (Å²) in [7, 11) is 0. The summed E-state index contributed by atoms with van der Waals surface area (Å²) in [6, 6.07) is 0. The zero-order chi connectivity index (χ0) is 20.2. The van der Waals surface area contributed by atoms with E-state index in [0.717, 1.165) is 24.2 Å². The molecule has 0 unspecified atom stereocenters. The Hall–Kier alpha value is -3.14. The Morgan fingerprint density at radius 1 is 1.33 bits per heavy atom. The van der Waals surface area contributed by atoms with E-state index in [1.54, 1.807) is 18.2 Å². The van der Waals surface area contributed by atoms with Crippen LogP contribution >= 0.6 is 0 Å². The fourth-order valence-electron chi connectivity index (χ4n) is 2.36. The number of nitrogens with two attached hydrogens (primary N) is 1. The number of nitrogens with one attached hydrogen (secondary N) is 2. The second kappa shape index (κ2) is 11.5. The van der Waals surface area contributed by atoms with Gasteiger partial charge in [0.2, 0.25) is 0 Å². The van der Waals surface area contributed by atoms with Gasteiger partial charge in [0, 0.05) is 5.70 Å². The van der Waals surface area contributed by atoms with E-state index in [-0.39, 0.29) is 0 Å². The molecular formula is C23H30N4. The van der Waals surface area contributed by atoms with Crippen molar-refractivity contribution >= 4 is 11.4 Å². The molecule has 0 heterocycles. The molecule has 4 N–H and O–H groups in total. The summed E-state index contributed by atoms with van der Waals surface area (Å²) in [6.45, 7) is 13.1. The predicted molar refractivity (Wildman–Crippen MR) is 119 cm³/mol. The van der Waals surface area contributed by atoms with Crippen LogP contribution in [0, 0.1) is 5.41 Å². The quantitative estimate of drug-likeness (QED) is 0.355. The largest absolute Gasteiger partial charge is 0.397 e. The van der Waals surface area contributed by atoms with Crippen molar-refractivity contribution in [1.82, 2.24) is 5.32 Å². The van der Waals surface area contributed by atoms with Crippen LogP contribution in [-0.4, -0.2) is 11.4 Å². The third-order valence-electron chi connectivity index (χ3n) is 3.65. The molecule has 0 amide bonds. The first kappa shape index (κ1) is 21.9. The van der Waals surface area contributed by atoms with Crippen LogP contribution in [0.15, 0.2) is 101 Å². The highest BCUT2D eigenvalue weighted by Gasteiger charge is 2.15. The first-order valence-electron chi connectivity index (χ1n) is 9.01. The summed E-state index contributed by atoms with van der Waals surface area (Å²) in [4.78, 5) is 4.65. The summed E-state index contributed by atoms with van der Waals surface area (Å²) in [5.41, 5.74) is 11.3. The predicted octanol–water partition coefficient (Wildman–Crippen LogP) is 5.24. The number of rotatable bonds is 5. The topological polar surface area (TPSA) is 74.3 Å². The van der Waals surface area contributed by atoms with Crippen molar-refractivity contribution < 1.29 is 0 Å². The summed E-state index contributed by atoms with van der Waals surface area (Å²) in [5.74, 6) is 0. The van der Waals surface area contributed by atoms with Gasteiger partial charge in [-0.3, -0.25) is 5.41 Å². The lowest BCUT2D eigenvalue weighted by Gasteiger charge is -2.17. The van der Waals surface area contributed by atoms with E-state index >= 15 is 0 Å². The van der Waals surface area contributed by atoms with Crippen LogP contribution in [0.2, 0.25) is 0 Å². The first-order chi connectivity index (χ1) is 12.9. The minimum atomic E-state index is 0.344. The summed E-state index contributed by atoms with van der Waals surface area (Å²) < 4.78 is 0. The Morgan fingerprint density at radius 2 is 2.04 bits per heavy atom. The van der Waals surface area contributed by atoms with Gasteiger partial charge in [-0.05, 0) is 57.1 Å². The molecule has 4 heteroatoms. The first-order valence-corrected chi connectivity index (χ1v) is 9.01. The van der Waals surface area contributed by atoms with Crippen LogP contribution in [0.5, 0.6) is 0 Å². The monoisotopic (exact) mass is 362 g/mol. The lowest BCUT2D eigenvalue weighted by molar-refractivity contribution is 0.920. The summed E-state index contributed by atoms with van der Waals surface area (Å²) in [5, 5.41) is 11.4. The summed E-state index contributed by atoms with van der Waals surface area (Å²) in [6.07, 6.45) is 18.7. The van der Waals surface area contributed by atoms with E-state index in [9.17, 15) is 0 Å². The molecule has 0 saturated heterocycles. The summed E-state index contributed by atoms with van der Waals surface area (Å²) >= 11 is 0. The van der Waals surface area contributed by atoms with Crippen LogP contribution in [0.1, 0.15) is 33.6 Å². The van der Waals surface area contributed by atoms with Crippen molar-refractivity contribution in [2.75, 3.05) is 0 Å². The maximum absolute atomic E-state index is 8.12. The Kier molecular flexibility index (Phi) is 9.30. The normalized spacial score (nSPS) is 18.3. The average Bonchev–Trinajstić information content (AvgIpc) is 2.83. The van der Waals surface area contributed by atoms with E-state index in [2.05, 4.69) is 42.5 Å². The zero-order valence-electron chi connectivity index (χ0n) is 16.5. The lowest BCUT2D eigenvalue weighted by Crippen LogP contribution is -2.26. The number of allylic oxidation sites excluding steroid dienone is 11. The second-order valence-corrected chi connectivity index (χ2v) is 6.10. The molecule has 0 bridgehead atoms. The van der Waals surface area contributed by atoms with Crippen molar-refractivity contribution in [3.63, 3.8) is 0 Å². The third kappa shape index (κ3) is 7.32. The minimum Gasteiger partial charge on any atom is -0.397 e. The zero-order valence-corrected chi connectivity index (χ0v) is 16.5. The average molecular weight is 363 g/mol. The Labute approximate surface area is 163 Å². The van der Waals surface area contributed by atoms with Gasteiger partial charge in [0.25, 0.3) is 0 Å². The van der Waals surface area contributed by atoms with Crippen LogP contribution < -0.4 is 11.1 Å². The molecule has 0 saturated carbocycles. The van der Waals surface area contributed by atoms with Crippen LogP contribution in [0.4, 0.5) is 0 Å². The molecular weight excluding hydrogens is 332 g/mol. The van der Waals surface area contributed by atoms with E-state index in [1.165, 1.54) is 5.57 Å². The van der Waals surface area contributed by atoms with E-state index in [1.807, 2.05) is 38.2 Å². The van der Waals surface area contributed by atoms with E-state index in [0.29, 0.717) is 22.8 Å². The van der Waals surface area contributed by atoms with Crippen molar-refractivity contribution in [2.45, 2.75) is 33.6 Å². The van der Waals surface area contributed by atoms with Crippen LogP contribution in [0.25, 0.3) is 0 Å². The Balaban J connectivity index is 0.00000114. The highest BCUT2D eigenvalue weighted by atomic mass is 14.9. The molecule has 142 valence electrons. The number of aliphatic imine (C=N–C) groups is 1. The SMILES string of the molecule is C=C/C=C(\CC)NC1=CC(=NC2=CC=CCC(C)=C2)C(N)=CC1=N.C=CC. The smallest absolute Gasteiger partial charge is 0.0888 e. The highest BCUT2D eigenvalue weighted by Crippen LogP contribution is 2.16. The standard InChI is InChI=1S/C20H24N4.C3H6/c1-4-8-15(5-2)23-19-13-20(18(22)12-17(19)21)24-16-10-7-6-9-14(3)11-16;1-3-2/h4,6-8,10-13,21,23H,1,5,9,22H2,2-3H3;3H,1H2,2H3/b15-8+,21-17?,24-20?;. The fraction of sp³-hybridized carbons (Fsp3) is 0.217. The van der Waals surface area contributed by atoms with Crippen LogP contribution in [0.3, 0.4) is 0 Å². The molecule has 2 rings (SSSR count). The Morgan fingerprint density at radius 3 is 2.67 bits per heavy atom. The van der Waals surface area contributed by atoms with Crippen LogP contribution in [-0.2, 0) is 0 Å². The maximum Gasteiger partial charge on any atom is 0.0888 e. The fourth-order valence-corrected chi connectivity index (χ4v) is 2.36. The molecule has 0 aromatic heterocycles. The molecule has 0 radical (unpaired) electrons. The molecule has 0 aromatic rings.